The molecule has 0 saturated heterocycles. The summed E-state index contributed by atoms with van der Waals surface area (Å²) in [5.74, 6) is -0.154. The van der Waals surface area contributed by atoms with Crippen LogP contribution in [0.3, 0.4) is 0 Å². The fourth-order valence-corrected chi connectivity index (χ4v) is 3.62. The maximum Gasteiger partial charge on any atom is 0.123 e. The molecule has 1 nitrogen and oxygen atoms in total. The third kappa shape index (κ3) is 2.98. The van der Waals surface area contributed by atoms with Crippen molar-refractivity contribution in [3.05, 3.63) is 30.1 Å². The van der Waals surface area contributed by atoms with Gasteiger partial charge in [0, 0.05) is 16.2 Å². The molecule has 1 aromatic carbocycles. The Bertz CT molecular complexity index is 325. The predicted molar refractivity (Wildman–Crippen MR) is 67.4 cm³/mol. The van der Waals surface area contributed by atoms with E-state index in [0.29, 0.717) is 11.3 Å². The zero-order valence-corrected chi connectivity index (χ0v) is 10.4. The molecule has 1 N–H and O–H groups in total. The molecule has 2 rings (SSSR count). The molecule has 1 fully saturated rings. The van der Waals surface area contributed by atoms with Crippen LogP contribution in [0.1, 0.15) is 25.7 Å². The summed E-state index contributed by atoms with van der Waals surface area (Å²) in [7, 11) is 2.04. The first-order valence-electron chi connectivity index (χ1n) is 5.89. The van der Waals surface area contributed by atoms with Crippen molar-refractivity contribution in [3.63, 3.8) is 0 Å². The van der Waals surface area contributed by atoms with Crippen molar-refractivity contribution in [1.82, 2.24) is 5.32 Å². The SMILES string of the molecule is CNC1CCCCC1Sc1ccc(F)cc1. The molecule has 1 aromatic rings. The molecular weight excluding hydrogens is 221 g/mol. The van der Waals surface area contributed by atoms with Gasteiger partial charge in [-0.2, -0.15) is 0 Å². The average Bonchev–Trinajstić information content (AvgIpc) is 2.33. The number of halogens is 1. The van der Waals surface area contributed by atoms with Gasteiger partial charge in [-0.25, -0.2) is 4.39 Å². The molecule has 0 spiro atoms. The van der Waals surface area contributed by atoms with Gasteiger partial charge in [0.05, 0.1) is 0 Å². The average molecular weight is 239 g/mol. The van der Waals surface area contributed by atoms with E-state index < -0.39 is 0 Å². The number of thioether (sulfide) groups is 1. The quantitative estimate of drug-likeness (QED) is 0.867. The Balaban J connectivity index is 1.99. The first-order valence-corrected chi connectivity index (χ1v) is 6.77. The van der Waals surface area contributed by atoms with Gasteiger partial charge in [0.15, 0.2) is 0 Å². The van der Waals surface area contributed by atoms with Gasteiger partial charge in [-0.1, -0.05) is 12.8 Å². The van der Waals surface area contributed by atoms with Crippen LogP contribution in [0.5, 0.6) is 0 Å². The van der Waals surface area contributed by atoms with Crippen LogP contribution in [0.15, 0.2) is 29.2 Å². The maximum absolute atomic E-state index is 12.8. The Labute approximate surface area is 101 Å². The standard InChI is InChI=1S/C13H18FNS/c1-15-12-4-2-3-5-13(12)16-11-8-6-10(14)7-9-11/h6-9,12-13,15H,2-5H2,1H3. The summed E-state index contributed by atoms with van der Waals surface area (Å²) in [6.45, 7) is 0. The van der Waals surface area contributed by atoms with Crippen molar-refractivity contribution in [3.8, 4) is 0 Å². The molecule has 2 atom stereocenters. The fraction of sp³-hybridized carbons (Fsp3) is 0.538. The third-order valence-corrected chi connectivity index (χ3v) is 4.59. The van der Waals surface area contributed by atoms with Crippen LogP contribution < -0.4 is 5.32 Å². The van der Waals surface area contributed by atoms with E-state index in [1.54, 1.807) is 12.1 Å². The van der Waals surface area contributed by atoms with Crippen molar-refractivity contribution in [2.45, 2.75) is 41.9 Å². The molecule has 0 amide bonds. The van der Waals surface area contributed by atoms with E-state index in [1.165, 1.54) is 30.6 Å². The van der Waals surface area contributed by atoms with Gasteiger partial charge in [-0.3, -0.25) is 0 Å². The van der Waals surface area contributed by atoms with Crippen LogP contribution in [-0.4, -0.2) is 18.3 Å². The topological polar surface area (TPSA) is 12.0 Å². The normalized spacial score (nSPS) is 25.6. The Hall–Kier alpha value is -0.540. The van der Waals surface area contributed by atoms with E-state index in [0.717, 1.165) is 0 Å². The van der Waals surface area contributed by atoms with Gasteiger partial charge in [0.2, 0.25) is 0 Å². The molecule has 88 valence electrons. The van der Waals surface area contributed by atoms with Gasteiger partial charge < -0.3 is 5.32 Å². The molecule has 1 aliphatic carbocycles. The van der Waals surface area contributed by atoms with E-state index in [1.807, 2.05) is 30.9 Å². The first-order chi connectivity index (χ1) is 7.79. The lowest BCUT2D eigenvalue weighted by Crippen LogP contribution is -2.38. The summed E-state index contributed by atoms with van der Waals surface area (Å²) >= 11 is 1.88. The highest BCUT2D eigenvalue weighted by Crippen LogP contribution is 2.33. The van der Waals surface area contributed by atoms with E-state index in [-0.39, 0.29) is 5.82 Å². The zero-order chi connectivity index (χ0) is 11.4. The van der Waals surface area contributed by atoms with E-state index in [4.69, 9.17) is 0 Å². The molecule has 0 aliphatic heterocycles. The summed E-state index contributed by atoms with van der Waals surface area (Å²) in [6, 6.07) is 7.44. The zero-order valence-electron chi connectivity index (χ0n) is 9.58. The Morgan fingerprint density at radius 2 is 1.88 bits per heavy atom. The highest BCUT2D eigenvalue weighted by atomic mass is 32.2. The maximum atomic E-state index is 12.8. The number of hydrogen-bond acceptors (Lipinski definition) is 2. The minimum Gasteiger partial charge on any atom is -0.316 e. The van der Waals surface area contributed by atoms with E-state index in [2.05, 4.69) is 5.32 Å². The van der Waals surface area contributed by atoms with Crippen LogP contribution in [-0.2, 0) is 0 Å². The van der Waals surface area contributed by atoms with Gasteiger partial charge in [0.25, 0.3) is 0 Å². The summed E-state index contributed by atoms with van der Waals surface area (Å²) in [5, 5.41) is 4.02. The second kappa shape index (κ2) is 5.69. The van der Waals surface area contributed by atoms with Crippen molar-refractivity contribution < 1.29 is 4.39 Å². The molecular formula is C13H18FNS. The molecule has 0 radical (unpaired) electrons. The summed E-state index contributed by atoms with van der Waals surface area (Å²) in [6.07, 6.45) is 5.16. The van der Waals surface area contributed by atoms with Crippen molar-refractivity contribution in [1.29, 1.82) is 0 Å². The highest BCUT2D eigenvalue weighted by molar-refractivity contribution is 8.00. The summed E-state index contributed by atoms with van der Waals surface area (Å²) < 4.78 is 12.8. The lowest BCUT2D eigenvalue weighted by molar-refractivity contribution is 0.405. The van der Waals surface area contributed by atoms with Crippen LogP contribution >= 0.6 is 11.8 Å². The molecule has 1 aliphatic rings. The molecule has 0 bridgehead atoms. The first kappa shape index (κ1) is 11.9. The number of nitrogens with one attached hydrogen (secondary N) is 1. The number of benzene rings is 1. The molecule has 2 unspecified atom stereocenters. The van der Waals surface area contributed by atoms with Crippen molar-refractivity contribution in [2.24, 2.45) is 0 Å². The number of hydrogen-bond donors (Lipinski definition) is 1. The fourth-order valence-electron chi connectivity index (χ4n) is 2.26. The minimum absolute atomic E-state index is 0.154. The molecule has 16 heavy (non-hydrogen) atoms. The Morgan fingerprint density at radius 1 is 1.19 bits per heavy atom. The van der Waals surface area contributed by atoms with Gasteiger partial charge in [-0.05, 0) is 44.2 Å². The Kier molecular flexibility index (Phi) is 4.24. The van der Waals surface area contributed by atoms with Crippen LogP contribution in [0.25, 0.3) is 0 Å². The number of rotatable bonds is 3. The second-order valence-corrected chi connectivity index (χ2v) is 5.60. The van der Waals surface area contributed by atoms with Crippen LogP contribution in [0.4, 0.5) is 4.39 Å². The summed E-state index contributed by atoms with van der Waals surface area (Å²) in [5.41, 5.74) is 0. The summed E-state index contributed by atoms with van der Waals surface area (Å²) in [4.78, 5) is 1.17. The molecule has 0 aromatic heterocycles. The van der Waals surface area contributed by atoms with E-state index in [9.17, 15) is 4.39 Å². The minimum atomic E-state index is -0.154. The van der Waals surface area contributed by atoms with E-state index >= 15 is 0 Å². The van der Waals surface area contributed by atoms with Crippen LogP contribution in [0.2, 0.25) is 0 Å². The van der Waals surface area contributed by atoms with Gasteiger partial charge >= 0.3 is 0 Å². The van der Waals surface area contributed by atoms with Gasteiger partial charge in [-0.15, -0.1) is 11.8 Å². The second-order valence-electron chi connectivity index (χ2n) is 4.29. The Morgan fingerprint density at radius 3 is 2.56 bits per heavy atom. The lowest BCUT2D eigenvalue weighted by atomic mass is 9.95. The molecule has 1 saturated carbocycles. The third-order valence-electron chi connectivity index (χ3n) is 3.17. The van der Waals surface area contributed by atoms with Crippen LogP contribution in [0, 0.1) is 5.82 Å². The van der Waals surface area contributed by atoms with Gasteiger partial charge in [0.1, 0.15) is 5.82 Å². The van der Waals surface area contributed by atoms with Crippen molar-refractivity contribution in [2.75, 3.05) is 7.05 Å². The molecule has 3 heteroatoms. The molecule has 0 heterocycles. The lowest BCUT2D eigenvalue weighted by Gasteiger charge is -2.30. The van der Waals surface area contributed by atoms with Crippen molar-refractivity contribution >= 4 is 11.8 Å². The largest absolute Gasteiger partial charge is 0.316 e. The monoisotopic (exact) mass is 239 g/mol. The predicted octanol–water partition coefficient (Wildman–Crippen LogP) is 3.45. The smallest absolute Gasteiger partial charge is 0.123 e. The highest BCUT2D eigenvalue weighted by Gasteiger charge is 2.24.